The SMILES string of the molecule is CN(/C=C/C=C(C#N)C#N)CC(=O)OCc1ccccc1. The molecule has 0 saturated carbocycles. The quantitative estimate of drug-likeness (QED) is 0.453. The molecule has 0 saturated heterocycles. The number of esters is 1. The fourth-order valence-corrected chi connectivity index (χ4v) is 1.43. The van der Waals surface area contributed by atoms with Crippen molar-refractivity contribution in [3.8, 4) is 12.1 Å². The van der Waals surface area contributed by atoms with Crippen LogP contribution >= 0.6 is 0 Å². The van der Waals surface area contributed by atoms with Crippen molar-refractivity contribution in [1.82, 2.24) is 4.90 Å². The molecule has 0 radical (unpaired) electrons. The normalized spacial score (nSPS) is 9.48. The first-order valence-corrected chi connectivity index (χ1v) is 6.24. The smallest absolute Gasteiger partial charge is 0.325 e. The molecule has 0 heterocycles. The van der Waals surface area contributed by atoms with Crippen molar-refractivity contribution in [1.29, 1.82) is 10.5 Å². The summed E-state index contributed by atoms with van der Waals surface area (Å²) < 4.78 is 5.13. The number of allylic oxidation sites excluding steroid dienone is 3. The van der Waals surface area contributed by atoms with Gasteiger partial charge in [0.2, 0.25) is 0 Å². The number of hydrogen-bond acceptors (Lipinski definition) is 5. The fraction of sp³-hybridized carbons (Fsp3) is 0.188. The van der Waals surface area contributed by atoms with Gasteiger partial charge in [-0.05, 0) is 23.9 Å². The predicted octanol–water partition coefficient (Wildman–Crippen LogP) is 2.15. The Bertz CT molecular complexity index is 591. The van der Waals surface area contributed by atoms with Gasteiger partial charge in [-0.25, -0.2) is 0 Å². The number of carbonyl (C=O) groups is 1. The first kappa shape index (κ1) is 16.0. The topological polar surface area (TPSA) is 77.1 Å². The molecule has 0 aliphatic rings. The van der Waals surface area contributed by atoms with Gasteiger partial charge >= 0.3 is 5.97 Å². The van der Waals surface area contributed by atoms with Crippen molar-refractivity contribution >= 4 is 5.97 Å². The number of likely N-dealkylation sites (N-methyl/N-ethyl adjacent to an activating group) is 1. The van der Waals surface area contributed by atoms with Crippen LogP contribution in [0.3, 0.4) is 0 Å². The third kappa shape index (κ3) is 6.60. The van der Waals surface area contributed by atoms with Crippen LogP contribution in [-0.2, 0) is 16.1 Å². The Hall–Kier alpha value is -3.05. The van der Waals surface area contributed by atoms with Gasteiger partial charge in [-0.15, -0.1) is 0 Å². The second-order valence-corrected chi connectivity index (χ2v) is 4.21. The van der Waals surface area contributed by atoms with Crippen molar-refractivity contribution in [3.05, 3.63) is 59.8 Å². The van der Waals surface area contributed by atoms with Gasteiger partial charge in [0.15, 0.2) is 0 Å². The van der Waals surface area contributed by atoms with E-state index in [9.17, 15) is 4.79 Å². The molecule has 0 aromatic heterocycles. The van der Waals surface area contributed by atoms with Gasteiger partial charge in [-0.1, -0.05) is 30.3 Å². The number of carbonyl (C=O) groups excluding carboxylic acids is 1. The summed E-state index contributed by atoms with van der Waals surface area (Å²) in [4.78, 5) is 13.2. The van der Waals surface area contributed by atoms with Crippen LogP contribution in [-0.4, -0.2) is 24.5 Å². The molecule has 0 aliphatic carbocycles. The van der Waals surface area contributed by atoms with E-state index in [-0.39, 0.29) is 24.7 Å². The lowest BCUT2D eigenvalue weighted by Crippen LogP contribution is -2.22. The lowest BCUT2D eigenvalue weighted by Gasteiger charge is -2.12. The third-order valence-electron chi connectivity index (χ3n) is 2.47. The predicted molar refractivity (Wildman–Crippen MR) is 77.3 cm³/mol. The maximum Gasteiger partial charge on any atom is 0.325 e. The second-order valence-electron chi connectivity index (χ2n) is 4.21. The molecule has 5 heteroatoms. The minimum absolute atomic E-state index is 0.00584. The summed E-state index contributed by atoms with van der Waals surface area (Å²) >= 11 is 0. The van der Waals surface area contributed by atoms with Gasteiger partial charge in [0.05, 0.1) is 0 Å². The van der Waals surface area contributed by atoms with E-state index in [4.69, 9.17) is 15.3 Å². The number of nitriles is 2. The van der Waals surface area contributed by atoms with Crippen LogP contribution in [0.25, 0.3) is 0 Å². The molecule has 0 bridgehead atoms. The summed E-state index contributed by atoms with van der Waals surface area (Å²) in [7, 11) is 1.70. The highest BCUT2D eigenvalue weighted by Crippen LogP contribution is 2.01. The van der Waals surface area contributed by atoms with Gasteiger partial charge in [0, 0.05) is 7.05 Å². The first-order valence-electron chi connectivity index (χ1n) is 6.24. The molecule has 0 unspecified atom stereocenters. The monoisotopic (exact) mass is 281 g/mol. The average molecular weight is 281 g/mol. The van der Waals surface area contributed by atoms with E-state index >= 15 is 0 Å². The molecule has 5 nitrogen and oxygen atoms in total. The molecular weight excluding hydrogens is 266 g/mol. The molecule has 0 spiro atoms. The molecule has 1 aromatic carbocycles. The van der Waals surface area contributed by atoms with E-state index in [1.54, 1.807) is 30.3 Å². The molecule has 106 valence electrons. The Morgan fingerprint density at radius 1 is 1.29 bits per heavy atom. The molecule has 0 N–H and O–H groups in total. The Morgan fingerprint density at radius 3 is 2.57 bits per heavy atom. The van der Waals surface area contributed by atoms with Gasteiger partial charge in [-0.2, -0.15) is 10.5 Å². The van der Waals surface area contributed by atoms with Crippen LogP contribution in [0.1, 0.15) is 5.56 Å². The summed E-state index contributed by atoms with van der Waals surface area (Å²) in [5.41, 5.74) is 0.936. The highest BCUT2D eigenvalue weighted by molar-refractivity contribution is 5.71. The Labute approximate surface area is 124 Å². The van der Waals surface area contributed by atoms with Gasteiger partial charge < -0.3 is 9.64 Å². The third-order valence-corrected chi connectivity index (χ3v) is 2.47. The summed E-state index contributed by atoms with van der Waals surface area (Å²) in [6, 6.07) is 12.9. The maximum atomic E-state index is 11.6. The van der Waals surface area contributed by atoms with Crippen LogP contribution in [0, 0.1) is 22.7 Å². The van der Waals surface area contributed by atoms with Crippen molar-refractivity contribution in [2.24, 2.45) is 0 Å². The highest BCUT2D eigenvalue weighted by atomic mass is 16.5. The van der Waals surface area contributed by atoms with Gasteiger partial charge in [0.1, 0.15) is 30.9 Å². The number of ether oxygens (including phenoxy) is 1. The first-order chi connectivity index (χ1) is 10.2. The molecule has 0 amide bonds. The molecule has 1 aromatic rings. The largest absolute Gasteiger partial charge is 0.459 e. The lowest BCUT2D eigenvalue weighted by molar-refractivity contribution is -0.145. The summed E-state index contributed by atoms with van der Waals surface area (Å²) in [6.07, 6.45) is 4.51. The van der Waals surface area contributed by atoms with E-state index in [0.29, 0.717) is 0 Å². The minimum atomic E-state index is -0.351. The number of hydrogen-bond donors (Lipinski definition) is 0. The number of benzene rings is 1. The van der Waals surface area contributed by atoms with Crippen LogP contribution in [0.15, 0.2) is 54.3 Å². The number of rotatable bonds is 6. The molecular formula is C16H15N3O2. The highest BCUT2D eigenvalue weighted by Gasteiger charge is 2.04. The fourth-order valence-electron chi connectivity index (χ4n) is 1.43. The Morgan fingerprint density at radius 2 is 1.95 bits per heavy atom. The lowest BCUT2D eigenvalue weighted by atomic mass is 10.2. The van der Waals surface area contributed by atoms with E-state index in [0.717, 1.165) is 5.56 Å². The molecule has 0 atom stereocenters. The summed E-state index contributed by atoms with van der Waals surface area (Å²) in [5, 5.41) is 17.1. The van der Waals surface area contributed by atoms with Crippen molar-refractivity contribution in [2.45, 2.75) is 6.61 Å². The Kier molecular flexibility index (Phi) is 6.82. The van der Waals surface area contributed by atoms with Gasteiger partial charge in [-0.3, -0.25) is 4.79 Å². The molecule has 0 fully saturated rings. The van der Waals surface area contributed by atoms with Gasteiger partial charge in [0.25, 0.3) is 0 Å². The van der Waals surface area contributed by atoms with Crippen LogP contribution in [0.4, 0.5) is 0 Å². The van der Waals surface area contributed by atoms with E-state index in [1.165, 1.54) is 12.2 Å². The van der Waals surface area contributed by atoms with Crippen molar-refractivity contribution < 1.29 is 9.53 Å². The van der Waals surface area contributed by atoms with E-state index in [2.05, 4.69) is 0 Å². The van der Waals surface area contributed by atoms with Crippen LogP contribution in [0.5, 0.6) is 0 Å². The molecule has 1 rings (SSSR count). The van der Waals surface area contributed by atoms with Crippen LogP contribution in [0.2, 0.25) is 0 Å². The summed E-state index contributed by atoms with van der Waals surface area (Å²) in [5.74, 6) is -0.351. The minimum Gasteiger partial charge on any atom is -0.459 e. The zero-order valence-electron chi connectivity index (χ0n) is 11.7. The molecule has 0 aliphatic heterocycles. The van der Waals surface area contributed by atoms with Crippen molar-refractivity contribution in [2.75, 3.05) is 13.6 Å². The van der Waals surface area contributed by atoms with E-state index in [1.807, 2.05) is 30.3 Å². The zero-order valence-corrected chi connectivity index (χ0v) is 11.7. The van der Waals surface area contributed by atoms with Crippen LogP contribution < -0.4 is 0 Å². The second kappa shape index (κ2) is 8.95. The Balaban J connectivity index is 2.38. The summed E-state index contributed by atoms with van der Waals surface area (Å²) in [6.45, 7) is 0.329. The average Bonchev–Trinajstić information content (AvgIpc) is 2.50. The van der Waals surface area contributed by atoms with E-state index < -0.39 is 0 Å². The van der Waals surface area contributed by atoms with Crippen molar-refractivity contribution in [3.63, 3.8) is 0 Å². The molecule has 21 heavy (non-hydrogen) atoms. The zero-order chi connectivity index (χ0) is 15.5. The standard InChI is InChI=1S/C16H15N3O2/c1-19(9-5-8-15(10-17)11-18)12-16(20)21-13-14-6-3-2-4-7-14/h2-9H,12-13H2,1H3/b9-5+. The number of nitrogens with zero attached hydrogens (tertiary/aromatic N) is 3. The maximum absolute atomic E-state index is 11.6.